The summed E-state index contributed by atoms with van der Waals surface area (Å²) >= 11 is 0. The summed E-state index contributed by atoms with van der Waals surface area (Å²) in [5.74, 6) is -1.62. The minimum Gasteiger partial charge on any atom is -0.480 e. The molecule has 10 heteroatoms. The Bertz CT molecular complexity index is 889. The lowest BCUT2D eigenvalue weighted by atomic mass is 10.2. The molecule has 0 bridgehead atoms. The number of nitrogens with zero attached hydrogens (tertiary/aromatic N) is 3. The summed E-state index contributed by atoms with van der Waals surface area (Å²) in [5, 5.41) is 18.0. The van der Waals surface area contributed by atoms with Crippen molar-refractivity contribution in [2.45, 2.75) is 37.1 Å². The summed E-state index contributed by atoms with van der Waals surface area (Å²) in [5.41, 5.74) is 0.410. The quantitative estimate of drug-likeness (QED) is 0.728. The third-order valence-electron chi connectivity index (χ3n) is 3.37. The van der Waals surface area contributed by atoms with E-state index in [9.17, 15) is 18.0 Å². The smallest absolute Gasteiger partial charge is 0.325 e. The lowest BCUT2D eigenvalue weighted by Crippen LogP contribution is -2.26. The Morgan fingerprint density at radius 3 is 2.60 bits per heavy atom. The zero-order chi connectivity index (χ0) is 18.6. The zero-order valence-corrected chi connectivity index (χ0v) is 14.5. The molecular weight excluding hydrogens is 348 g/mol. The number of rotatable bonds is 7. The molecule has 0 radical (unpaired) electrons. The van der Waals surface area contributed by atoms with E-state index in [2.05, 4.69) is 15.6 Å². The number of aromatic nitrogens is 3. The van der Waals surface area contributed by atoms with E-state index in [1.165, 1.54) is 18.3 Å². The van der Waals surface area contributed by atoms with Crippen LogP contribution in [0.4, 0.5) is 0 Å². The van der Waals surface area contributed by atoms with Crippen molar-refractivity contribution in [1.82, 2.24) is 20.3 Å². The molecule has 0 aliphatic rings. The second-order valence-corrected chi connectivity index (χ2v) is 8.05. The number of carboxylic acids is 1. The molecule has 0 atom stereocenters. The van der Waals surface area contributed by atoms with E-state index < -0.39 is 27.0 Å². The third-order valence-corrected chi connectivity index (χ3v) is 5.58. The Morgan fingerprint density at radius 2 is 1.96 bits per heavy atom. The van der Waals surface area contributed by atoms with E-state index in [1.807, 2.05) is 0 Å². The summed E-state index contributed by atoms with van der Waals surface area (Å²) in [4.78, 5) is 22.9. The number of carbonyl (C=O) groups excluding carboxylic acids is 1. The molecule has 0 aliphatic carbocycles. The third kappa shape index (κ3) is 4.41. The van der Waals surface area contributed by atoms with Gasteiger partial charge in [0.15, 0.2) is 9.84 Å². The van der Waals surface area contributed by atoms with Crippen LogP contribution >= 0.6 is 0 Å². The lowest BCUT2D eigenvalue weighted by Gasteiger charge is -2.12. The van der Waals surface area contributed by atoms with Crippen molar-refractivity contribution in [1.29, 1.82) is 0 Å². The fraction of sp³-hybridized carbons (Fsp3) is 0.333. The van der Waals surface area contributed by atoms with Gasteiger partial charge in [0.2, 0.25) is 0 Å². The molecule has 25 heavy (non-hydrogen) atoms. The lowest BCUT2D eigenvalue weighted by molar-refractivity contribution is -0.137. The molecule has 0 unspecified atom stereocenters. The van der Waals surface area contributed by atoms with Gasteiger partial charge in [-0.15, -0.1) is 5.10 Å². The van der Waals surface area contributed by atoms with Crippen molar-refractivity contribution >= 4 is 21.7 Å². The zero-order valence-electron chi connectivity index (χ0n) is 13.7. The SMILES string of the molecule is CC(C)S(=O)(=O)c1ccccc1C(=O)NCc1cn(CC(=O)O)nn1. The van der Waals surface area contributed by atoms with Crippen molar-refractivity contribution < 1.29 is 23.1 Å². The van der Waals surface area contributed by atoms with Gasteiger partial charge in [-0.1, -0.05) is 17.3 Å². The van der Waals surface area contributed by atoms with E-state index >= 15 is 0 Å². The molecule has 2 N–H and O–H groups in total. The second-order valence-electron chi connectivity index (χ2n) is 5.57. The van der Waals surface area contributed by atoms with Gasteiger partial charge >= 0.3 is 5.97 Å². The van der Waals surface area contributed by atoms with E-state index in [0.717, 1.165) is 4.68 Å². The molecule has 134 valence electrons. The first-order chi connectivity index (χ1) is 11.7. The van der Waals surface area contributed by atoms with Crippen LogP contribution in [0.1, 0.15) is 29.9 Å². The van der Waals surface area contributed by atoms with Gasteiger partial charge in [-0.05, 0) is 26.0 Å². The number of hydrogen-bond donors (Lipinski definition) is 2. The number of aliphatic carboxylic acids is 1. The van der Waals surface area contributed by atoms with Crippen LogP contribution < -0.4 is 5.32 Å². The van der Waals surface area contributed by atoms with Gasteiger partial charge in [0.25, 0.3) is 5.91 Å². The molecule has 0 fully saturated rings. The van der Waals surface area contributed by atoms with Gasteiger partial charge < -0.3 is 10.4 Å². The van der Waals surface area contributed by atoms with Gasteiger partial charge in [-0.2, -0.15) is 0 Å². The number of nitrogens with one attached hydrogen (secondary N) is 1. The Kier molecular flexibility index (Phi) is 5.52. The average Bonchev–Trinajstić information content (AvgIpc) is 2.99. The monoisotopic (exact) mass is 366 g/mol. The van der Waals surface area contributed by atoms with Crippen LogP contribution in [0.2, 0.25) is 0 Å². The molecule has 2 aromatic rings. The highest BCUT2D eigenvalue weighted by molar-refractivity contribution is 7.92. The number of sulfone groups is 1. The maximum Gasteiger partial charge on any atom is 0.325 e. The van der Waals surface area contributed by atoms with Gasteiger partial charge in [0, 0.05) is 0 Å². The molecule has 0 saturated carbocycles. The van der Waals surface area contributed by atoms with Crippen molar-refractivity contribution in [2.24, 2.45) is 0 Å². The first-order valence-electron chi connectivity index (χ1n) is 7.43. The highest BCUT2D eigenvalue weighted by Crippen LogP contribution is 2.20. The first kappa shape index (κ1) is 18.6. The Hall–Kier alpha value is -2.75. The molecule has 1 aromatic heterocycles. The first-order valence-corrected chi connectivity index (χ1v) is 8.98. The molecule has 9 nitrogen and oxygen atoms in total. The van der Waals surface area contributed by atoms with E-state index in [-0.39, 0.29) is 23.5 Å². The largest absolute Gasteiger partial charge is 0.480 e. The fourth-order valence-electron chi connectivity index (χ4n) is 2.06. The maximum atomic E-state index is 12.4. The summed E-state index contributed by atoms with van der Waals surface area (Å²) in [7, 11) is -3.60. The van der Waals surface area contributed by atoms with Crippen LogP contribution in [0, 0.1) is 0 Å². The number of amides is 1. The Morgan fingerprint density at radius 1 is 1.28 bits per heavy atom. The van der Waals surface area contributed by atoms with E-state index in [4.69, 9.17) is 5.11 Å². The Balaban J connectivity index is 2.14. The van der Waals surface area contributed by atoms with Crippen molar-refractivity contribution in [2.75, 3.05) is 0 Å². The van der Waals surface area contributed by atoms with Crippen LogP contribution in [0.25, 0.3) is 0 Å². The van der Waals surface area contributed by atoms with E-state index in [1.54, 1.807) is 26.0 Å². The summed E-state index contributed by atoms with van der Waals surface area (Å²) in [6.45, 7) is 2.75. The molecule has 1 aromatic carbocycles. The number of benzene rings is 1. The molecule has 1 amide bonds. The van der Waals surface area contributed by atoms with Gasteiger partial charge in [0.1, 0.15) is 12.2 Å². The molecule has 1 heterocycles. The normalized spacial score (nSPS) is 11.5. The van der Waals surface area contributed by atoms with Crippen LogP contribution in [0.15, 0.2) is 35.4 Å². The Labute approximate surface area is 144 Å². The number of carbonyl (C=O) groups is 2. The molecule has 0 saturated heterocycles. The van der Waals surface area contributed by atoms with Crippen molar-refractivity contribution in [3.63, 3.8) is 0 Å². The highest BCUT2D eigenvalue weighted by atomic mass is 32.2. The van der Waals surface area contributed by atoms with Crippen LogP contribution in [-0.4, -0.2) is 45.6 Å². The maximum absolute atomic E-state index is 12.4. The average molecular weight is 366 g/mol. The van der Waals surface area contributed by atoms with Crippen LogP contribution in [0.5, 0.6) is 0 Å². The highest BCUT2D eigenvalue weighted by Gasteiger charge is 2.25. The summed E-state index contributed by atoms with van der Waals surface area (Å²) in [6.07, 6.45) is 1.39. The molecule has 0 aliphatic heterocycles. The van der Waals surface area contributed by atoms with Gasteiger partial charge in [-0.3, -0.25) is 9.59 Å². The second kappa shape index (κ2) is 7.43. The summed E-state index contributed by atoms with van der Waals surface area (Å²) in [6, 6.07) is 5.97. The molecular formula is C15H18N4O5S. The number of carboxylic acid groups (broad SMARTS) is 1. The standard InChI is InChI=1S/C15H18N4O5S/c1-10(2)25(23,24)13-6-4-3-5-12(13)15(22)16-7-11-8-19(18-17-11)9-14(20)21/h3-6,8,10H,7,9H2,1-2H3,(H,16,22)(H,20,21). The molecule has 0 spiro atoms. The van der Waals surface area contributed by atoms with Crippen molar-refractivity contribution in [3.8, 4) is 0 Å². The molecule has 2 rings (SSSR count). The van der Waals surface area contributed by atoms with Crippen LogP contribution in [0.3, 0.4) is 0 Å². The van der Waals surface area contributed by atoms with E-state index in [0.29, 0.717) is 5.69 Å². The number of hydrogen-bond acceptors (Lipinski definition) is 6. The topological polar surface area (TPSA) is 131 Å². The minimum atomic E-state index is -3.60. The summed E-state index contributed by atoms with van der Waals surface area (Å²) < 4.78 is 25.9. The predicted octanol–water partition coefficient (Wildman–Crippen LogP) is 0.475. The van der Waals surface area contributed by atoms with Crippen molar-refractivity contribution in [3.05, 3.63) is 41.7 Å². The van der Waals surface area contributed by atoms with Crippen LogP contribution in [-0.2, 0) is 27.7 Å². The minimum absolute atomic E-state index is 0.00544. The van der Waals surface area contributed by atoms with Gasteiger partial charge in [0.05, 0.1) is 28.5 Å². The predicted molar refractivity (Wildman–Crippen MR) is 87.6 cm³/mol. The van der Waals surface area contributed by atoms with Gasteiger partial charge in [-0.25, -0.2) is 13.1 Å². The fourth-order valence-corrected chi connectivity index (χ4v) is 3.30.